The van der Waals surface area contributed by atoms with Crippen LogP contribution in [0, 0.1) is 5.92 Å². The Balaban J connectivity index is 2.01. The molecule has 1 aliphatic heterocycles. The van der Waals surface area contributed by atoms with Crippen LogP contribution in [0.15, 0.2) is 30.3 Å². The zero-order chi connectivity index (χ0) is 19.6. The van der Waals surface area contributed by atoms with E-state index in [1.807, 2.05) is 37.3 Å². The van der Waals surface area contributed by atoms with Crippen molar-refractivity contribution in [1.82, 2.24) is 4.90 Å². The van der Waals surface area contributed by atoms with E-state index in [9.17, 15) is 9.59 Å². The molecule has 0 aromatic heterocycles. The SMILES string of the molecule is CCOCCC(C)c1ccc2c3c(cccc13)C(=O)N(CCC(C)C)C2=O. The number of carbonyl (C=O) groups excluding carboxylic acids is 2. The van der Waals surface area contributed by atoms with Crippen LogP contribution in [0.2, 0.25) is 0 Å². The Morgan fingerprint density at radius 1 is 0.963 bits per heavy atom. The second kappa shape index (κ2) is 8.22. The molecule has 2 aromatic carbocycles. The maximum Gasteiger partial charge on any atom is 0.261 e. The van der Waals surface area contributed by atoms with Gasteiger partial charge in [0.05, 0.1) is 0 Å². The average Bonchev–Trinajstić information content (AvgIpc) is 2.65. The first-order valence-corrected chi connectivity index (χ1v) is 9.95. The molecular formula is C23H29NO3. The molecule has 1 heterocycles. The van der Waals surface area contributed by atoms with Crippen LogP contribution in [0.4, 0.5) is 0 Å². The maximum absolute atomic E-state index is 13.0. The van der Waals surface area contributed by atoms with E-state index >= 15 is 0 Å². The second-order valence-electron chi connectivity index (χ2n) is 7.76. The van der Waals surface area contributed by atoms with Crippen molar-refractivity contribution in [3.63, 3.8) is 0 Å². The van der Waals surface area contributed by atoms with Gasteiger partial charge in [0.25, 0.3) is 11.8 Å². The Morgan fingerprint density at radius 3 is 2.33 bits per heavy atom. The largest absolute Gasteiger partial charge is 0.382 e. The van der Waals surface area contributed by atoms with Gasteiger partial charge in [-0.05, 0) is 54.7 Å². The second-order valence-corrected chi connectivity index (χ2v) is 7.76. The van der Waals surface area contributed by atoms with E-state index < -0.39 is 0 Å². The zero-order valence-electron chi connectivity index (χ0n) is 16.7. The molecular weight excluding hydrogens is 338 g/mol. The van der Waals surface area contributed by atoms with Crippen molar-refractivity contribution in [2.45, 2.75) is 46.5 Å². The first-order valence-electron chi connectivity index (χ1n) is 9.95. The molecule has 0 spiro atoms. The summed E-state index contributed by atoms with van der Waals surface area (Å²) in [4.78, 5) is 27.4. The highest BCUT2D eigenvalue weighted by Crippen LogP contribution is 2.35. The van der Waals surface area contributed by atoms with Crippen molar-refractivity contribution in [3.8, 4) is 0 Å². The lowest BCUT2D eigenvalue weighted by atomic mass is 9.86. The smallest absolute Gasteiger partial charge is 0.261 e. The van der Waals surface area contributed by atoms with Crippen LogP contribution in [0.5, 0.6) is 0 Å². The topological polar surface area (TPSA) is 46.6 Å². The highest BCUT2D eigenvalue weighted by Gasteiger charge is 2.33. The fraction of sp³-hybridized carbons (Fsp3) is 0.478. The van der Waals surface area contributed by atoms with Crippen molar-refractivity contribution in [1.29, 1.82) is 0 Å². The van der Waals surface area contributed by atoms with Crippen molar-refractivity contribution in [2.24, 2.45) is 5.92 Å². The van der Waals surface area contributed by atoms with Crippen molar-refractivity contribution >= 4 is 22.6 Å². The van der Waals surface area contributed by atoms with Crippen molar-refractivity contribution < 1.29 is 14.3 Å². The number of hydrogen-bond donors (Lipinski definition) is 0. The van der Waals surface area contributed by atoms with Crippen LogP contribution >= 0.6 is 0 Å². The summed E-state index contributed by atoms with van der Waals surface area (Å²) < 4.78 is 5.50. The molecule has 0 aliphatic carbocycles. The number of benzene rings is 2. The first kappa shape index (κ1) is 19.6. The van der Waals surface area contributed by atoms with Gasteiger partial charge in [0.1, 0.15) is 0 Å². The molecule has 3 rings (SSSR count). The Morgan fingerprint density at radius 2 is 1.67 bits per heavy atom. The Bertz CT molecular complexity index is 834. The molecule has 0 fully saturated rings. The molecule has 4 nitrogen and oxygen atoms in total. The summed E-state index contributed by atoms with van der Waals surface area (Å²) in [6, 6.07) is 9.74. The molecule has 144 valence electrons. The number of imide groups is 1. The lowest BCUT2D eigenvalue weighted by molar-refractivity contribution is 0.0604. The third-order valence-electron chi connectivity index (χ3n) is 5.39. The van der Waals surface area contributed by atoms with Gasteiger partial charge in [0, 0.05) is 36.3 Å². The molecule has 4 heteroatoms. The van der Waals surface area contributed by atoms with Crippen molar-refractivity contribution in [2.75, 3.05) is 19.8 Å². The molecule has 2 amide bonds. The molecule has 0 bridgehead atoms. The fourth-order valence-corrected chi connectivity index (χ4v) is 3.75. The minimum absolute atomic E-state index is 0.169. The zero-order valence-corrected chi connectivity index (χ0v) is 16.7. The maximum atomic E-state index is 13.0. The standard InChI is InChI=1S/C23H29NO3/c1-5-27-14-12-16(4)17-9-10-20-21-18(17)7-6-8-19(21)22(25)24(23(20)26)13-11-15(2)3/h6-10,15-16H,5,11-14H2,1-4H3. The predicted molar refractivity (Wildman–Crippen MR) is 108 cm³/mol. The van der Waals surface area contributed by atoms with E-state index in [0.717, 1.165) is 23.6 Å². The van der Waals surface area contributed by atoms with Crippen molar-refractivity contribution in [3.05, 3.63) is 47.0 Å². The van der Waals surface area contributed by atoms with E-state index in [1.165, 1.54) is 10.5 Å². The number of hydrogen-bond acceptors (Lipinski definition) is 3. The summed E-state index contributed by atoms with van der Waals surface area (Å²) in [5.74, 6) is 0.400. The van der Waals surface area contributed by atoms with Gasteiger partial charge in [-0.2, -0.15) is 0 Å². The Hall–Kier alpha value is -2.20. The molecule has 1 atom stereocenters. The number of ether oxygens (including phenoxy) is 1. The molecule has 1 unspecified atom stereocenters. The minimum atomic E-state index is -0.169. The van der Waals surface area contributed by atoms with Crippen LogP contribution in [-0.4, -0.2) is 36.5 Å². The van der Waals surface area contributed by atoms with Crippen LogP contribution < -0.4 is 0 Å². The summed E-state index contributed by atoms with van der Waals surface area (Å²) in [6.45, 7) is 10.3. The molecule has 0 saturated carbocycles. The van der Waals surface area contributed by atoms with Gasteiger partial charge in [0.2, 0.25) is 0 Å². The summed E-state index contributed by atoms with van der Waals surface area (Å²) in [6.07, 6.45) is 1.73. The molecule has 2 aromatic rings. The lowest BCUT2D eigenvalue weighted by Gasteiger charge is -2.29. The van der Waals surface area contributed by atoms with Gasteiger partial charge < -0.3 is 4.74 Å². The van der Waals surface area contributed by atoms with Crippen LogP contribution in [0.25, 0.3) is 10.8 Å². The first-order chi connectivity index (χ1) is 13.0. The molecule has 1 aliphatic rings. The highest BCUT2D eigenvalue weighted by molar-refractivity contribution is 6.25. The average molecular weight is 367 g/mol. The van der Waals surface area contributed by atoms with Crippen LogP contribution in [0.1, 0.15) is 72.7 Å². The Labute approximate surface area is 161 Å². The molecule has 0 N–H and O–H groups in total. The van der Waals surface area contributed by atoms with Crippen LogP contribution in [-0.2, 0) is 4.74 Å². The van der Waals surface area contributed by atoms with Gasteiger partial charge >= 0.3 is 0 Å². The quantitative estimate of drug-likeness (QED) is 0.486. The number of rotatable bonds is 8. The van der Waals surface area contributed by atoms with Gasteiger partial charge in [0.15, 0.2) is 0 Å². The summed E-state index contributed by atoms with van der Waals surface area (Å²) >= 11 is 0. The van der Waals surface area contributed by atoms with Gasteiger partial charge in [-0.3, -0.25) is 14.5 Å². The van der Waals surface area contributed by atoms with Gasteiger partial charge in [-0.15, -0.1) is 0 Å². The monoisotopic (exact) mass is 367 g/mol. The van der Waals surface area contributed by atoms with Gasteiger partial charge in [-0.1, -0.05) is 39.0 Å². The number of nitrogens with zero attached hydrogens (tertiary/aromatic N) is 1. The van der Waals surface area contributed by atoms with Gasteiger partial charge in [-0.25, -0.2) is 0 Å². The summed E-state index contributed by atoms with van der Waals surface area (Å²) in [7, 11) is 0. The Kier molecular flexibility index (Phi) is 5.95. The number of carbonyl (C=O) groups is 2. The summed E-state index contributed by atoms with van der Waals surface area (Å²) in [5.41, 5.74) is 2.46. The van der Waals surface area contributed by atoms with E-state index in [0.29, 0.717) is 42.7 Å². The highest BCUT2D eigenvalue weighted by atomic mass is 16.5. The number of amides is 2. The predicted octanol–water partition coefficient (Wildman–Crippen LogP) is 5.01. The van der Waals surface area contributed by atoms with E-state index in [4.69, 9.17) is 4.74 Å². The molecule has 0 radical (unpaired) electrons. The normalized spacial score (nSPS) is 15.1. The van der Waals surface area contributed by atoms with E-state index in [2.05, 4.69) is 20.8 Å². The van der Waals surface area contributed by atoms with Crippen LogP contribution in [0.3, 0.4) is 0 Å². The van der Waals surface area contributed by atoms with E-state index in [-0.39, 0.29) is 11.8 Å². The minimum Gasteiger partial charge on any atom is -0.382 e. The molecule has 0 saturated heterocycles. The third-order valence-corrected chi connectivity index (χ3v) is 5.39. The third kappa shape index (κ3) is 3.77. The lowest BCUT2D eigenvalue weighted by Crippen LogP contribution is -2.41. The summed E-state index contributed by atoms with van der Waals surface area (Å²) in [5, 5.41) is 1.83. The van der Waals surface area contributed by atoms with E-state index in [1.54, 1.807) is 0 Å². The molecule has 27 heavy (non-hydrogen) atoms. The fourth-order valence-electron chi connectivity index (χ4n) is 3.75.